The molecule has 0 bridgehead atoms. The topological polar surface area (TPSA) is 96.2 Å². The van der Waals surface area contributed by atoms with E-state index in [1.165, 1.54) is 0 Å². The average Bonchev–Trinajstić information content (AvgIpc) is 2.51. The Hall–Kier alpha value is -1.85. The molecule has 0 spiro atoms. The fourth-order valence-corrected chi connectivity index (χ4v) is 0.657. The minimum absolute atomic E-state index is 0.617. The molecule has 64 valence electrons. The Bertz CT molecular complexity index is 289. The van der Waals surface area contributed by atoms with E-state index in [1.807, 2.05) is 0 Å². The maximum Gasteiger partial charge on any atom is 0.332 e. The third-order valence-corrected chi connectivity index (χ3v) is 1.22. The van der Waals surface area contributed by atoms with E-state index in [0.717, 1.165) is 5.69 Å². The number of hydrogen-bond donors (Lipinski definition) is 3. The molecule has 0 saturated heterocycles. The Morgan fingerprint density at radius 1 is 1.83 bits per heavy atom. The summed E-state index contributed by atoms with van der Waals surface area (Å²) in [5.41, 5.74) is 8.28. The largest absolute Gasteiger partial charge is 0.350 e. The molecular formula is C6H9N5O. The lowest BCUT2D eigenvalue weighted by Gasteiger charge is -1.95. The minimum atomic E-state index is -0.686. The molecule has 4 N–H and O–H groups in total. The molecule has 0 saturated carbocycles. The molecule has 1 rings (SSSR count). The van der Waals surface area contributed by atoms with Crippen molar-refractivity contribution < 1.29 is 4.79 Å². The quantitative estimate of drug-likeness (QED) is 0.420. The second-order valence-corrected chi connectivity index (χ2v) is 2.14. The summed E-state index contributed by atoms with van der Waals surface area (Å²) >= 11 is 0. The summed E-state index contributed by atoms with van der Waals surface area (Å²) in [4.78, 5) is 10.3. The van der Waals surface area contributed by atoms with Gasteiger partial charge in [-0.2, -0.15) is 10.2 Å². The van der Waals surface area contributed by atoms with Crippen molar-refractivity contribution in [2.75, 3.05) is 0 Å². The number of urea groups is 1. The van der Waals surface area contributed by atoms with E-state index >= 15 is 0 Å². The lowest BCUT2D eigenvalue weighted by molar-refractivity contribution is 0.249. The van der Waals surface area contributed by atoms with Crippen LogP contribution in [0.2, 0.25) is 0 Å². The molecule has 6 nitrogen and oxygen atoms in total. The third kappa shape index (κ3) is 2.08. The molecule has 1 aromatic heterocycles. The van der Waals surface area contributed by atoms with Crippen LogP contribution in [-0.4, -0.2) is 21.9 Å². The SMILES string of the molecule is CC(=NNC(N)=O)c1ccn[nH]1. The molecule has 0 atom stereocenters. The first-order valence-electron chi connectivity index (χ1n) is 3.29. The smallest absolute Gasteiger partial charge is 0.332 e. The molecule has 6 heteroatoms. The van der Waals surface area contributed by atoms with E-state index in [0.29, 0.717) is 5.71 Å². The summed E-state index contributed by atoms with van der Waals surface area (Å²) in [6.07, 6.45) is 1.60. The highest BCUT2D eigenvalue weighted by Crippen LogP contribution is 1.92. The van der Waals surface area contributed by atoms with Crippen molar-refractivity contribution in [3.63, 3.8) is 0 Å². The number of nitrogens with one attached hydrogen (secondary N) is 2. The number of H-pyrrole nitrogens is 1. The Morgan fingerprint density at radius 2 is 2.58 bits per heavy atom. The van der Waals surface area contributed by atoms with E-state index < -0.39 is 6.03 Å². The van der Waals surface area contributed by atoms with Gasteiger partial charge in [-0.3, -0.25) is 5.10 Å². The van der Waals surface area contributed by atoms with E-state index in [-0.39, 0.29) is 0 Å². The zero-order valence-electron chi connectivity index (χ0n) is 6.53. The van der Waals surface area contributed by atoms with Gasteiger partial charge in [0.25, 0.3) is 0 Å². The highest BCUT2D eigenvalue weighted by Gasteiger charge is 1.97. The van der Waals surface area contributed by atoms with Crippen LogP contribution in [0.15, 0.2) is 17.4 Å². The number of hydrazone groups is 1. The van der Waals surface area contributed by atoms with Gasteiger partial charge in [0.1, 0.15) is 0 Å². The van der Waals surface area contributed by atoms with Crippen LogP contribution in [0.4, 0.5) is 4.79 Å². The van der Waals surface area contributed by atoms with Crippen LogP contribution in [0.25, 0.3) is 0 Å². The molecule has 0 fully saturated rings. The highest BCUT2D eigenvalue weighted by atomic mass is 16.2. The van der Waals surface area contributed by atoms with Crippen LogP contribution in [0, 0.1) is 0 Å². The number of primary amides is 1. The molecule has 0 radical (unpaired) electrons. The van der Waals surface area contributed by atoms with E-state index in [2.05, 4.69) is 20.7 Å². The maximum absolute atomic E-state index is 10.3. The van der Waals surface area contributed by atoms with Crippen LogP contribution in [0.1, 0.15) is 12.6 Å². The Labute approximate surface area is 68.8 Å². The molecule has 0 aliphatic rings. The van der Waals surface area contributed by atoms with Crippen molar-refractivity contribution >= 4 is 11.7 Å². The van der Waals surface area contributed by atoms with Crippen LogP contribution < -0.4 is 11.2 Å². The molecule has 0 aliphatic carbocycles. The van der Waals surface area contributed by atoms with Gasteiger partial charge in [-0.15, -0.1) is 0 Å². The van der Waals surface area contributed by atoms with E-state index in [9.17, 15) is 4.79 Å². The maximum atomic E-state index is 10.3. The lowest BCUT2D eigenvalue weighted by Crippen LogP contribution is -2.25. The van der Waals surface area contributed by atoms with Crippen LogP contribution >= 0.6 is 0 Å². The number of aromatic nitrogens is 2. The lowest BCUT2D eigenvalue weighted by atomic mass is 10.3. The van der Waals surface area contributed by atoms with Crippen molar-refractivity contribution in [3.05, 3.63) is 18.0 Å². The first-order valence-corrected chi connectivity index (χ1v) is 3.29. The van der Waals surface area contributed by atoms with Crippen molar-refractivity contribution in [2.45, 2.75) is 6.92 Å². The van der Waals surface area contributed by atoms with E-state index in [4.69, 9.17) is 5.73 Å². The van der Waals surface area contributed by atoms with Gasteiger partial charge in [-0.05, 0) is 13.0 Å². The standard InChI is InChI=1S/C6H9N5O/c1-4(9-11-6(7)12)5-2-3-8-10-5/h2-3H,1H3,(H,8,10)(H3,7,11,12). The zero-order chi connectivity index (χ0) is 8.97. The van der Waals surface area contributed by atoms with Crippen molar-refractivity contribution in [1.82, 2.24) is 15.6 Å². The Kier molecular flexibility index (Phi) is 2.42. The second-order valence-electron chi connectivity index (χ2n) is 2.14. The first-order chi connectivity index (χ1) is 5.70. The number of hydrogen-bond acceptors (Lipinski definition) is 3. The molecule has 0 aliphatic heterocycles. The van der Waals surface area contributed by atoms with Crippen LogP contribution in [0.3, 0.4) is 0 Å². The zero-order valence-corrected chi connectivity index (χ0v) is 6.53. The molecule has 0 aromatic carbocycles. The predicted octanol–water partition coefficient (Wildman–Crippen LogP) is -0.198. The highest BCUT2D eigenvalue weighted by molar-refractivity contribution is 5.97. The Morgan fingerprint density at radius 3 is 3.08 bits per heavy atom. The Balaban J connectivity index is 2.65. The summed E-state index contributed by atoms with van der Waals surface area (Å²) in [6, 6.07) is 1.05. The number of carbonyl (C=O) groups excluding carboxylic acids is 1. The molecule has 1 aromatic rings. The minimum Gasteiger partial charge on any atom is -0.350 e. The van der Waals surface area contributed by atoms with Gasteiger partial charge >= 0.3 is 6.03 Å². The monoisotopic (exact) mass is 167 g/mol. The molecule has 12 heavy (non-hydrogen) atoms. The number of amides is 2. The number of nitrogens with zero attached hydrogens (tertiary/aromatic N) is 2. The van der Waals surface area contributed by atoms with Crippen molar-refractivity contribution in [2.24, 2.45) is 10.8 Å². The van der Waals surface area contributed by atoms with Crippen molar-refractivity contribution in [1.29, 1.82) is 0 Å². The molecule has 0 unspecified atom stereocenters. The van der Waals surface area contributed by atoms with Gasteiger partial charge in [0.2, 0.25) is 0 Å². The molecule has 1 heterocycles. The van der Waals surface area contributed by atoms with Crippen LogP contribution in [0.5, 0.6) is 0 Å². The normalized spacial score (nSPS) is 11.2. The summed E-state index contributed by atoms with van der Waals surface area (Å²) in [5, 5.41) is 10.1. The summed E-state index contributed by atoms with van der Waals surface area (Å²) < 4.78 is 0. The second kappa shape index (κ2) is 3.51. The number of aromatic amines is 1. The first kappa shape index (κ1) is 8.25. The van der Waals surface area contributed by atoms with Crippen molar-refractivity contribution in [3.8, 4) is 0 Å². The fraction of sp³-hybridized carbons (Fsp3) is 0.167. The molecular weight excluding hydrogens is 158 g/mol. The summed E-state index contributed by atoms with van der Waals surface area (Å²) in [5.74, 6) is 0. The van der Waals surface area contributed by atoms with Gasteiger partial charge < -0.3 is 5.73 Å². The van der Waals surface area contributed by atoms with Gasteiger partial charge in [0.05, 0.1) is 11.4 Å². The van der Waals surface area contributed by atoms with E-state index in [1.54, 1.807) is 19.2 Å². The predicted molar refractivity (Wildman–Crippen MR) is 43.5 cm³/mol. The number of rotatable bonds is 2. The third-order valence-electron chi connectivity index (χ3n) is 1.22. The summed E-state index contributed by atoms with van der Waals surface area (Å²) in [6.45, 7) is 1.73. The van der Waals surface area contributed by atoms with Gasteiger partial charge in [0.15, 0.2) is 0 Å². The number of nitrogens with two attached hydrogens (primary N) is 1. The van der Waals surface area contributed by atoms with Gasteiger partial charge in [0, 0.05) is 6.20 Å². The number of carbonyl (C=O) groups is 1. The summed E-state index contributed by atoms with van der Waals surface area (Å²) in [7, 11) is 0. The van der Waals surface area contributed by atoms with Gasteiger partial charge in [-0.1, -0.05) is 0 Å². The van der Waals surface area contributed by atoms with Crippen LogP contribution in [-0.2, 0) is 0 Å². The average molecular weight is 167 g/mol. The van der Waals surface area contributed by atoms with Gasteiger partial charge in [-0.25, -0.2) is 10.2 Å². The fourth-order valence-electron chi connectivity index (χ4n) is 0.657. The molecule has 2 amide bonds.